The summed E-state index contributed by atoms with van der Waals surface area (Å²) in [6.45, 7) is 5.97. The molecule has 1 aromatic heterocycles. The maximum atomic E-state index is 10.3. The molecule has 0 fully saturated rings. The average molecular weight is 182 g/mol. The summed E-state index contributed by atoms with van der Waals surface area (Å²) in [4.78, 5) is 10.3. The van der Waals surface area contributed by atoms with Crippen molar-refractivity contribution >= 4 is 6.29 Å². The molecular formula is C10H14O3. The molecule has 0 aliphatic rings. The van der Waals surface area contributed by atoms with Crippen molar-refractivity contribution in [1.82, 2.24) is 0 Å². The lowest BCUT2D eigenvalue weighted by atomic mass is 10.1. The summed E-state index contributed by atoms with van der Waals surface area (Å²) >= 11 is 0. The van der Waals surface area contributed by atoms with Crippen molar-refractivity contribution in [3.63, 3.8) is 0 Å². The summed E-state index contributed by atoms with van der Waals surface area (Å²) < 4.78 is 10.6. The third-order valence-corrected chi connectivity index (χ3v) is 1.95. The molecule has 72 valence electrons. The first-order valence-electron chi connectivity index (χ1n) is 4.31. The minimum absolute atomic E-state index is 0.252. The molecule has 0 aromatic carbocycles. The molecule has 0 spiro atoms. The molecular weight excluding hydrogens is 168 g/mol. The lowest BCUT2D eigenvalue weighted by molar-refractivity contribution is 0.0712. The Kier molecular flexibility index (Phi) is 2.76. The van der Waals surface area contributed by atoms with Gasteiger partial charge in [-0.1, -0.05) is 6.92 Å². The van der Waals surface area contributed by atoms with E-state index in [-0.39, 0.29) is 5.60 Å². The second kappa shape index (κ2) is 3.64. The van der Waals surface area contributed by atoms with Crippen molar-refractivity contribution in [2.24, 2.45) is 0 Å². The Morgan fingerprint density at radius 2 is 2.23 bits per heavy atom. The molecule has 3 nitrogen and oxygen atoms in total. The fraction of sp³-hybridized carbons (Fsp3) is 0.500. The van der Waals surface area contributed by atoms with E-state index in [0.717, 1.165) is 6.42 Å². The summed E-state index contributed by atoms with van der Waals surface area (Å²) in [6.07, 6.45) is 1.54. The molecule has 0 amide bonds. The van der Waals surface area contributed by atoms with Crippen molar-refractivity contribution < 1.29 is 13.9 Å². The van der Waals surface area contributed by atoms with Gasteiger partial charge in [0.25, 0.3) is 5.95 Å². The standard InChI is InChI=1S/C10H14O3/c1-4-10(2,3)13-9-6-5-8(7-11)12-9/h5-7H,4H2,1-3H3. The summed E-state index contributed by atoms with van der Waals surface area (Å²) in [6, 6.07) is 3.25. The molecule has 0 unspecified atom stereocenters. The summed E-state index contributed by atoms with van der Waals surface area (Å²) in [5.41, 5.74) is -0.252. The van der Waals surface area contributed by atoms with E-state index in [1.165, 1.54) is 0 Å². The molecule has 0 saturated heterocycles. The Balaban J connectivity index is 2.69. The van der Waals surface area contributed by atoms with Gasteiger partial charge in [0, 0.05) is 6.07 Å². The van der Waals surface area contributed by atoms with Crippen LogP contribution in [0.15, 0.2) is 16.5 Å². The molecule has 0 atom stereocenters. The van der Waals surface area contributed by atoms with E-state index in [4.69, 9.17) is 9.15 Å². The van der Waals surface area contributed by atoms with Crippen molar-refractivity contribution in [3.8, 4) is 5.95 Å². The normalized spacial score (nSPS) is 11.3. The van der Waals surface area contributed by atoms with Crippen LogP contribution in [0.2, 0.25) is 0 Å². The second-order valence-corrected chi connectivity index (χ2v) is 3.49. The highest BCUT2D eigenvalue weighted by atomic mass is 16.6. The number of carbonyl (C=O) groups excluding carboxylic acids is 1. The van der Waals surface area contributed by atoms with Gasteiger partial charge >= 0.3 is 0 Å². The topological polar surface area (TPSA) is 39.4 Å². The molecule has 0 bridgehead atoms. The first-order chi connectivity index (χ1) is 6.07. The molecule has 3 heteroatoms. The monoisotopic (exact) mass is 182 g/mol. The first kappa shape index (κ1) is 9.84. The van der Waals surface area contributed by atoms with Gasteiger partial charge in [-0.3, -0.25) is 4.79 Å². The van der Waals surface area contributed by atoms with Crippen molar-refractivity contribution in [2.75, 3.05) is 0 Å². The third-order valence-electron chi connectivity index (χ3n) is 1.95. The van der Waals surface area contributed by atoms with Crippen LogP contribution in [-0.4, -0.2) is 11.9 Å². The summed E-state index contributed by atoms with van der Waals surface area (Å²) in [5, 5.41) is 0. The summed E-state index contributed by atoms with van der Waals surface area (Å²) in [5.74, 6) is 0.691. The molecule has 0 radical (unpaired) electrons. The number of hydrogen-bond donors (Lipinski definition) is 0. The Morgan fingerprint density at radius 3 is 2.69 bits per heavy atom. The smallest absolute Gasteiger partial charge is 0.285 e. The number of hydrogen-bond acceptors (Lipinski definition) is 3. The fourth-order valence-electron chi connectivity index (χ4n) is 0.797. The van der Waals surface area contributed by atoms with Crippen LogP contribution in [0.5, 0.6) is 5.95 Å². The van der Waals surface area contributed by atoms with Gasteiger partial charge in [-0.2, -0.15) is 0 Å². The van der Waals surface area contributed by atoms with Crippen molar-refractivity contribution in [1.29, 1.82) is 0 Å². The van der Waals surface area contributed by atoms with Crippen LogP contribution in [0.1, 0.15) is 37.7 Å². The van der Waals surface area contributed by atoms with Gasteiger partial charge in [0.05, 0.1) is 0 Å². The fourth-order valence-corrected chi connectivity index (χ4v) is 0.797. The van der Waals surface area contributed by atoms with Gasteiger partial charge in [-0.25, -0.2) is 0 Å². The maximum Gasteiger partial charge on any atom is 0.285 e. The number of rotatable bonds is 4. The zero-order valence-corrected chi connectivity index (χ0v) is 8.16. The zero-order valence-electron chi connectivity index (χ0n) is 8.16. The molecule has 0 saturated carbocycles. The van der Waals surface area contributed by atoms with Crippen LogP contribution < -0.4 is 4.74 Å². The number of furan rings is 1. The Labute approximate surface area is 77.7 Å². The molecule has 1 rings (SSSR count). The predicted molar refractivity (Wildman–Crippen MR) is 49.1 cm³/mol. The summed E-state index contributed by atoms with van der Waals surface area (Å²) in [7, 11) is 0. The van der Waals surface area contributed by atoms with Crippen LogP contribution >= 0.6 is 0 Å². The minimum Gasteiger partial charge on any atom is -0.459 e. The van der Waals surface area contributed by atoms with Crippen molar-refractivity contribution in [3.05, 3.63) is 17.9 Å². The van der Waals surface area contributed by atoms with Gasteiger partial charge in [-0.05, 0) is 26.3 Å². The Hall–Kier alpha value is -1.25. The molecule has 13 heavy (non-hydrogen) atoms. The van der Waals surface area contributed by atoms with Gasteiger partial charge in [0.1, 0.15) is 5.60 Å². The average Bonchev–Trinajstić information content (AvgIpc) is 2.52. The SMILES string of the molecule is CCC(C)(C)Oc1ccc(C=O)o1. The maximum absolute atomic E-state index is 10.3. The highest BCUT2D eigenvalue weighted by molar-refractivity contribution is 5.70. The van der Waals surface area contributed by atoms with E-state index in [0.29, 0.717) is 18.0 Å². The van der Waals surface area contributed by atoms with E-state index in [1.807, 2.05) is 20.8 Å². The molecule has 1 heterocycles. The van der Waals surface area contributed by atoms with Gasteiger partial charge in [0.15, 0.2) is 12.0 Å². The van der Waals surface area contributed by atoms with Gasteiger partial charge in [0.2, 0.25) is 0 Å². The first-order valence-corrected chi connectivity index (χ1v) is 4.31. The van der Waals surface area contributed by atoms with E-state index < -0.39 is 0 Å². The lowest BCUT2D eigenvalue weighted by Crippen LogP contribution is -2.26. The highest BCUT2D eigenvalue weighted by Crippen LogP contribution is 2.22. The van der Waals surface area contributed by atoms with E-state index in [2.05, 4.69) is 0 Å². The molecule has 0 aliphatic heterocycles. The molecule has 0 aliphatic carbocycles. The number of ether oxygens (including phenoxy) is 1. The van der Waals surface area contributed by atoms with Crippen LogP contribution in [0.4, 0.5) is 0 Å². The quantitative estimate of drug-likeness (QED) is 0.672. The number of carbonyl (C=O) groups is 1. The van der Waals surface area contributed by atoms with Crippen LogP contribution in [0.3, 0.4) is 0 Å². The Bertz CT molecular complexity index is 286. The van der Waals surface area contributed by atoms with Crippen LogP contribution in [0.25, 0.3) is 0 Å². The number of aldehydes is 1. The van der Waals surface area contributed by atoms with Crippen molar-refractivity contribution in [2.45, 2.75) is 32.8 Å². The van der Waals surface area contributed by atoms with E-state index in [9.17, 15) is 4.79 Å². The Morgan fingerprint density at radius 1 is 1.54 bits per heavy atom. The second-order valence-electron chi connectivity index (χ2n) is 3.49. The van der Waals surface area contributed by atoms with E-state index >= 15 is 0 Å². The largest absolute Gasteiger partial charge is 0.459 e. The van der Waals surface area contributed by atoms with Crippen LogP contribution in [0, 0.1) is 0 Å². The van der Waals surface area contributed by atoms with E-state index in [1.54, 1.807) is 12.1 Å². The highest BCUT2D eigenvalue weighted by Gasteiger charge is 2.18. The zero-order chi connectivity index (χ0) is 9.90. The van der Waals surface area contributed by atoms with Gasteiger partial charge in [-0.15, -0.1) is 0 Å². The van der Waals surface area contributed by atoms with Gasteiger partial charge < -0.3 is 9.15 Å². The lowest BCUT2D eigenvalue weighted by Gasteiger charge is -2.22. The third kappa shape index (κ3) is 2.61. The molecule has 0 N–H and O–H groups in total. The molecule has 1 aromatic rings. The van der Waals surface area contributed by atoms with Crippen LogP contribution in [-0.2, 0) is 0 Å². The minimum atomic E-state index is -0.252. The predicted octanol–water partition coefficient (Wildman–Crippen LogP) is 2.66.